The van der Waals surface area contributed by atoms with E-state index in [0.29, 0.717) is 59.8 Å². The number of nitrogens with two attached hydrogens (primary N) is 1. The minimum atomic E-state index is -0.304. The number of carbonyl (C=O) groups excluding carboxylic acids is 1. The number of H-pyrrole nitrogens is 1. The van der Waals surface area contributed by atoms with Crippen LogP contribution in [0.3, 0.4) is 0 Å². The van der Waals surface area contributed by atoms with Crippen molar-refractivity contribution in [1.82, 2.24) is 25.2 Å². The maximum atomic E-state index is 14.9. The highest BCUT2D eigenvalue weighted by atomic mass is 19.1. The molecule has 2 fully saturated rings. The molecule has 0 saturated carbocycles. The highest BCUT2D eigenvalue weighted by Crippen LogP contribution is 2.35. The number of likely N-dealkylation sites (tertiary alicyclic amines) is 1. The zero-order valence-corrected chi connectivity index (χ0v) is 18.3. The summed E-state index contributed by atoms with van der Waals surface area (Å²) in [5.74, 6) is 0.831. The molecule has 32 heavy (non-hydrogen) atoms. The number of pyridine rings is 1. The molecule has 2 aliphatic heterocycles. The summed E-state index contributed by atoms with van der Waals surface area (Å²) in [5.41, 5.74) is 10.1. The van der Waals surface area contributed by atoms with Crippen LogP contribution in [0.15, 0.2) is 24.4 Å². The number of hydrogen-bond donors (Lipinski definition) is 3. The molecule has 1 amide bonds. The molecule has 8 heteroatoms. The molecule has 5 rings (SSSR count). The van der Waals surface area contributed by atoms with E-state index in [0.717, 1.165) is 37.3 Å². The Morgan fingerprint density at radius 2 is 2.03 bits per heavy atom. The second-order valence-corrected chi connectivity index (χ2v) is 9.04. The number of halogens is 1. The first-order valence-electron chi connectivity index (χ1n) is 11.4. The summed E-state index contributed by atoms with van der Waals surface area (Å²) in [4.78, 5) is 27.1. The van der Waals surface area contributed by atoms with E-state index in [1.54, 1.807) is 6.07 Å². The summed E-state index contributed by atoms with van der Waals surface area (Å²) in [5, 5.41) is 3.40. The minimum Gasteiger partial charge on any atom is -0.398 e. The van der Waals surface area contributed by atoms with Gasteiger partial charge < -0.3 is 20.9 Å². The lowest BCUT2D eigenvalue weighted by Gasteiger charge is -2.32. The Kier molecular flexibility index (Phi) is 5.55. The van der Waals surface area contributed by atoms with Crippen molar-refractivity contribution in [2.75, 3.05) is 31.9 Å². The highest BCUT2D eigenvalue weighted by Gasteiger charge is 2.30. The van der Waals surface area contributed by atoms with Gasteiger partial charge >= 0.3 is 0 Å². The molecule has 2 saturated heterocycles. The Labute approximate surface area is 186 Å². The van der Waals surface area contributed by atoms with Gasteiger partial charge in [-0.15, -0.1) is 0 Å². The van der Waals surface area contributed by atoms with Gasteiger partial charge in [0.15, 0.2) is 5.65 Å². The van der Waals surface area contributed by atoms with Crippen LogP contribution >= 0.6 is 0 Å². The van der Waals surface area contributed by atoms with Crippen molar-refractivity contribution in [2.45, 2.75) is 44.4 Å². The number of aromatic amines is 1. The Morgan fingerprint density at radius 3 is 2.75 bits per heavy atom. The van der Waals surface area contributed by atoms with Crippen LogP contribution in [-0.2, 0) is 0 Å². The van der Waals surface area contributed by atoms with E-state index < -0.39 is 0 Å². The molecule has 4 N–H and O–H groups in total. The van der Waals surface area contributed by atoms with Gasteiger partial charge in [0, 0.05) is 36.8 Å². The maximum absolute atomic E-state index is 14.9. The second-order valence-electron chi connectivity index (χ2n) is 9.04. The number of aryl methyl sites for hydroxylation is 1. The maximum Gasteiger partial charge on any atom is 0.255 e. The van der Waals surface area contributed by atoms with Crippen LogP contribution in [-0.4, -0.2) is 51.9 Å². The average molecular weight is 437 g/mol. The number of amides is 1. The lowest BCUT2D eigenvalue weighted by molar-refractivity contribution is 0.0713. The van der Waals surface area contributed by atoms with Crippen molar-refractivity contribution in [3.8, 4) is 0 Å². The number of imidazole rings is 1. The SMILES string of the molecule is Cc1ccc(C(=O)N2CCC(c3c(F)cnc4nc(C5CCCNC5)[nH]c34)CC2)c(N)c1. The first-order chi connectivity index (χ1) is 15.5. The van der Waals surface area contributed by atoms with Crippen molar-refractivity contribution in [3.63, 3.8) is 0 Å². The monoisotopic (exact) mass is 436 g/mol. The summed E-state index contributed by atoms with van der Waals surface area (Å²) in [7, 11) is 0. The van der Waals surface area contributed by atoms with Gasteiger partial charge in [-0.25, -0.2) is 14.4 Å². The lowest BCUT2D eigenvalue weighted by Crippen LogP contribution is -2.38. The molecule has 0 radical (unpaired) electrons. The van der Waals surface area contributed by atoms with E-state index >= 15 is 0 Å². The molecule has 3 aromatic rings. The normalized spacial score (nSPS) is 20.1. The van der Waals surface area contributed by atoms with E-state index in [4.69, 9.17) is 5.73 Å². The number of fused-ring (bicyclic) bond motifs is 1. The number of nitrogens with one attached hydrogen (secondary N) is 2. The summed E-state index contributed by atoms with van der Waals surface area (Å²) in [6.07, 6.45) is 4.83. The third kappa shape index (κ3) is 3.83. The second kappa shape index (κ2) is 8.50. The van der Waals surface area contributed by atoms with Crippen molar-refractivity contribution in [2.24, 2.45) is 0 Å². The summed E-state index contributed by atoms with van der Waals surface area (Å²) in [6.45, 7) is 4.98. The number of carbonyl (C=O) groups is 1. The van der Waals surface area contributed by atoms with E-state index in [-0.39, 0.29) is 17.6 Å². The van der Waals surface area contributed by atoms with Gasteiger partial charge in [0.1, 0.15) is 11.6 Å². The molecule has 0 aliphatic carbocycles. The van der Waals surface area contributed by atoms with Crippen LogP contribution in [0.25, 0.3) is 11.2 Å². The number of benzene rings is 1. The number of nitrogen functional groups attached to an aromatic ring is 1. The smallest absolute Gasteiger partial charge is 0.255 e. The molecule has 2 aromatic heterocycles. The predicted molar refractivity (Wildman–Crippen MR) is 122 cm³/mol. The molecule has 0 bridgehead atoms. The lowest BCUT2D eigenvalue weighted by atomic mass is 9.88. The summed E-state index contributed by atoms with van der Waals surface area (Å²) in [6, 6.07) is 5.51. The van der Waals surface area contributed by atoms with E-state index in [1.807, 2.05) is 24.0 Å². The third-order valence-electron chi connectivity index (χ3n) is 6.84. The third-order valence-corrected chi connectivity index (χ3v) is 6.84. The van der Waals surface area contributed by atoms with Crippen LogP contribution in [0.2, 0.25) is 0 Å². The van der Waals surface area contributed by atoms with Gasteiger partial charge in [-0.3, -0.25) is 4.79 Å². The number of aromatic nitrogens is 3. The van der Waals surface area contributed by atoms with Gasteiger partial charge in [-0.05, 0) is 62.8 Å². The highest BCUT2D eigenvalue weighted by molar-refractivity contribution is 5.99. The molecule has 168 valence electrons. The summed E-state index contributed by atoms with van der Waals surface area (Å²) >= 11 is 0. The van der Waals surface area contributed by atoms with Crippen molar-refractivity contribution in [1.29, 1.82) is 0 Å². The van der Waals surface area contributed by atoms with Gasteiger partial charge in [0.05, 0.1) is 17.3 Å². The number of nitrogens with zero attached hydrogens (tertiary/aromatic N) is 3. The van der Waals surface area contributed by atoms with Crippen LogP contribution in [0, 0.1) is 12.7 Å². The molecule has 1 aromatic carbocycles. The van der Waals surface area contributed by atoms with Crippen LogP contribution in [0.1, 0.15) is 64.8 Å². The fraction of sp³-hybridized carbons (Fsp3) is 0.458. The molecular formula is C24H29FN6O. The largest absolute Gasteiger partial charge is 0.398 e. The van der Waals surface area contributed by atoms with Gasteiger partial charge in [0.2, 0.25) is 0 Å². The van der Waals surface area contributed by atoms with Crippen molar-refractivity contribution in [3.05, 3.63) is 52.7 Å². The van der Waals surface area contributed by atoms with Gasteiger partial charge in [-0.2, -0.15) is 0 Å². The van der Waals surface area contributed by atoms with Crippen molar-refractivity contribution >= 4 is 22.8 Å². The predicted octanol–water partition coefficient (Wildman–Crippen LogP) is 3.47. The minimum absolute atomic E-state index is 0.0118. The molecule has 1 unspecified atom stereocenters. The average Bonchev–Trinajstić information content (AvgIpc) is 3.24. The fourth-order valence-electron chi connectivity index (χ4n) is 5.07. The fourth-order valence-corrected chi connectivity index (χ4v) is 5.07. The Balaban J connectivity index is 1.36. The van der Waals surface area contributed by atoms with Crippen LogP contribution < -0.4 is 11.1 Å². The number of piperidine rings is 2. The van der Waals surface area contributed by atoms with Crippen molar-refractivity contribution < 1.29 is 9.18 Å². The number of hydrogen-bond acceptors (Lipinski definition) is 5. The van der Waals surface area contributed by atoms with Crippen LogP contribution in [0.4, 0.5) is 10.1 Å². The first-order valence-corrected chi connectivity index (χ1v) is 11.4. The Hall–Kier alpha value is -3.00. The zero-order chi connectivity index (χ0) is 22.2. The molecular weight excluding hydrogens is 407 g/mol. The Bertz CT molecular complexity index is 1140. The zero-order valence-electron chi connectivity index (χ0n) is 18.3. The standard InChI is InChI=1S/C24H29FN6O/c1-14-4-5-17(19(26)11-14)24(32)31-9-6-15(7-10-31)20-18(25)13-28-23-21(20)29-22(30-23)16-3-2-8-27-12-16/h4-5,11,13,15-16,27H,2-3,6-10,12,26H2,1H3,(H,28,29,30). The molecule has 7 nitrogen and oxygen atoms in total. The molecule has 1 atom stereocenters. The van der Waals surface area contributed by atoms with Crippen LogP contribution in [0.5, 0.6) is 0 Å². The first kappa shape index (κ1) is 20.9. The van der Waals surface area contributed by atoms with E-state index in [2.05, 4.69) is 20.3 Å². The molecule has 2 aliphatic rings. The van der Waals surface area contributed by atoms with Gasteiger partial charge in [-0.1, -0.05) is 6.07 Å². The Morgan fingerprint density at radius 1 is 1.22 bits per heavy atom. The summed E-state index contributed by atoms with van der Waals surface area (Å²) < 4.78 is 14.9. The topological polar surface area (TPSA) is 99.9 Å². The van der Waals surface area contributed by atoms with Gasteiger partial charge in [0.25, 0.3) is 5.91 Å². The quantitative estimate of drug-likeness (QED) is 0.546. The van der Waals surface area contributed by atoms with E-state index in [9.17, 15) is 9.18 Å². The van der Waals surface area contributed by atoms with E-state index in [1.165, 1.54) is 6.20 Å². The molecule has 4 heterocycles. The number of rotatable bonds is 3. The number of anilines is 1. The molecule has 0 spiro atoms.